The Hall–Kier alpha value is -0.690. The topological polar surface area (TPSA) is 87.8 Å². The lowest BCUT2D eigenvalue weighted by atomic mass is 10.1. The van der Waals surface area contributed by atoms with Crippen LogP contribution < -0.4 is 11.3 Å². The number of hydrogen-bond acceptors (Lipinski definition) is 5. The summed E-state index contributed by atoms with van der Waals surface area (Å²) in [7, 11) is 0. The summed E-state index contributed by atoms with van der Waals surface area (Å²) in [5, 5.41) is 8.95. The minimum Gasteiger partial charge on any atom is -0.394 e. The number of hydrogen-bond donors (Lipinski definition) is 3. The van der Waals surface area contributed by atoms with Crippen molar-refractivity contribution in [1.82, 2.24) is 10.3 Å². The van der Waals surface area contributed by atoms with Gasteiger partial charge in [0.2, 0.25) is 5.91 Å². The molecule has 1 saturated heterocycles. The predicted octanol–water partition coefficient (Wildman–Crippen LogP) is -1.69. The molecule has 6 heteroatoms. The Morgan fingerprint density at radius 2 is 2.53 bits per heavy atom. The Morgan fingerprint density at radius 1 is 1.80 bits per heavy atom. The van der Waals surface area contributed by atoms with Crippen molar-refractivity contribution in [3.05, 3.63) is 0 Å². The first kappa shape index (κ1) is 12.4. The lowest BCUT2D eigenvalue weighted by Crippen LogP contribution is -2.48. The maximum Gasteiger partial charge on any atom is 0.237 e. The normalized spacial score (nSPS) is 24.9. The van der Waals surface area contributed by atoms with Crippen LogP contribution in [0.25, 0.3) is 0 Å². The first-order chi connectivity index (χ1) is 7.17. The van der Waals surface area contributed by atoms with Gasteiger partial charge in [0.15, 0.2) is 0 Å². The van der Waals surface area contributed by atoms with Gasteiger partial charge in [-0.3, -0.25) is 15.1 Å². The number of aliphatic hydroxyl groups excluding tert-OH is 1. The zero-order valence-electron chi connectivity index (χ0n) is 8.98. The number of rotatable bonds is 4. The fourth-order valence-corrected chi connectivity index (χ4v) is 1.67. The molecule has 2 atom stereocenters. The first-order valence-electron chi connectivity index (χ1n) is 5.12. The average molecular weight is 217 g/mol. The van der Waals surface area contributed by atoms with E-state index in [1.54, 1.807) is 0 Å². The Morgan fingerprint density at radius 3 is 3.13 bits per heavy atom. The molecular weight excluding hydrogens is 198 g/mol. The zero-order chi connectivity index (χ0) is 11.3. The van der Waals surface area contributed by atoms with Crippen molar-refractivity contribution in [2.75, 3.05) is 32.8 Å². The van der Waals surface area contributed by atoms with Gasteiger partial charge in [0.25, 0.3) is 0 Å². The van der Waals surface area contributed by atoms with Crippen LogP contribution in [0.1, 0.15) is 6.92 Å². The van der Waals surface area contributed by atoms with Crippen LogP contribution in [-0.2, 0) is 9.53 Å². The molecule has 88 valence electrons. The molecule has 0 aliphatic carbocycles. The molecule has 0 saturated carbocycles. The van der Waals surface area contributed by atoms with Crippen molar-refractivity contribution in [3.63, 3.8) is 0 Å². The molecule has 0 aromatic rings. The van der Waals surface area contributed by atoms with Gasteiger partial charge in [-0.05, 0) is 0 Å². The van der Waals surface area contributed by atoms with E-state index in [9.17, 15) is 4.79 Å². The highest BCUT2D eigenvalue weighted by Gasteiger charge is 2.23. The molecule has 6 nitrogen and oxygen atoms in total. The lowest BCUT2D eigenvalue weighted by molar-refractivity contribution is -0.126. The van der Waals surface area contributed by atoms with Crippen molar-refractivity contribution < 1.29 is 14.6 Å². The molecule has 15 heavy (non-hydrogen) atoms. The highest BCUT2D eigenvalue weighted by molar-refractivity contribution is 5.77. The number of morpholine rings is 1. The maximum atomic E-state index is 11.2. The van der Waals surface area contributed by atoms with Gasteiger partial charge in [0.05, 0.1) is 19.3 Å². The van der Waals surface area contributed by atoms with Gasteiger partial charge in [-0.25, -0.2) is 5.84 Å². The van der Waals surface area contributed by atoms with Gasteiger partial charge >= 0.3 is 0 Å². The van der Waals surface area contributed by atoms with E-state index in [4.69, 9.17) is 15.7 Å². The van der Waals surface area contributed by atoms with E-state index in [0.717, 1.165) is 6.54 Å². The number of nitrogens with zero attached hydrogens (tertiary/aromatic N) is 1. The Balaban J connectivity index is 2.34. The minimum absolute atomic E-state index is 0.0218. The summed E-state index contributed by atoms with van der Waals surface area (Å²) in [5.41, 5.74) is 2.13. The van der Waals surface area contributed by atoms with Crippen LogP contribution in [0.2, 0.25) is 0 Å². The van der Waals surface area contributed by atoms with E-state index in [-0.39, 0.29) is 24.5 Å². The average Bonchev–Trinajstić information content (AvgIpc) is 2.28. The highest BCUT2D eigenvalue weighted by atomic mass is 16.5. The molecule has 0 aromatic heterocycles. The summed E-state index contributed by atoms with van der Waals surface area (Å²) >= 11 is 0. The molecule has 4 N–H and O–H groups in total. The number of nitrogens with one attached hydrogen (secondary N) is 1. The highest BCUT2D eigenvalue weighted by Crippen LogP contribution is 2.07. The van der Waals surface area contributed by atoms with Gasteiger partial charge in [-0.1, -0.05) is 6.92 Å². The monoisotopic (exact) mass is 217 g/mol. The Bertz CT molecular complexity index is 213. The van der Waals surface area contributed by atoms with Gasteiger partial charge in [0.1, 0.15) is 0 Å². The molecule has 0 spiro atoms. The number of carbonyl (C=O) groups is 1. The van der Waals surface area contributed by atoms with Crippen LogP contribution in [0, 0.1) is 5.92 Å². The molecule has 1 amide bonds. The van der Waals surface area contributed by atoms with E-state index >= 15 is 0 Å². The standard InChI is InChI=1S/C9H19N3O3/c1-7(9(14)11-10)4-12-2-3-15-8(5-12)6-13/h7-8,13H,2-6,10H2,1H3,(H,11,14). The molecular formula is C9H19N3O3. The smallest absolute Gasteiger partial charge is 0.237 e. The molecule has 1 rings (SSSR count). The van der Waals surface area contributed by atoms with Crippen molar-refractivity contribution in [2.45, 2.75) is 13.0 Å². The molecule has 1 fully saturated rings. The second-order valence-corrected chi connectivity index (χ2v) is 3.84. The predicted molar refractivity (Wildman–Crippen MR) is 54.8 cm³/mol. The van der Waals surface area contributed by atoms with Crippen molar-refractivity contribution in [1.29, 1.82) is 0 Å². The summed E-state index contributed by atoms with van der Waals surface area (Å²) < 4.78 is 5.31. The van der Waals surface area contributed by atoms with Crippen LogP contribution in [-0.4, -0.2) is 54.9 Å². The summed E-state index contributed by atoms with van der Waals surface area (Å²) in [6.07, 6.45) is -0.133. The number of amides is 1. The summed E-state index contributed by atoms with van der Waals surface area (Å²) in [4.78, 5) is 13.3. The van der Waals surface area contributed by atoms with Gasteiger partial charge < -0.3 is 9.84 Å². The van der Waals surface area contributed by atoms with Crippen LogP contribution in [0.4, 0.5) is 0 Å². The Kier molecular flexibility index (Phi) is 4.97. The molecule has 1 heterocycles. The second-order valence-electron chi connectivity index (χ2n) is 3.84. The van der Waals surface area contributed by atoms with E-state index in [1.807, 2.05) is 6.92 Å². The third-order valence-electron chi connectivity index (χ3n) is 2.55. The molecule has 1 aliphatic heterocycles. The van der Waals surface area contributed by atoms with Gasteiger partial charge in [-0.2, -0.15) is 0 Å². The molecule has 0 bridgehead atoms. The molecule has 0 radical (unpaired) electrons. The molecule has 2 unspecified atom stereocenters. The van der Waals surface area contributed by atoms with Gasteiger partial charge in [-0.15, -0.1) is 0 Å². The maximum absolute atomic E-state index is 11.2. The van der Waals surface area contributed by atoms with Crippen LogP contribution >= 0.6 is 0 Å². The number of aliphatic hydroxyl groups is 1. The minimum atomic E-state index is -0.165. The summed E-state index contributed by atoms with van der Waals surface area (Å²) in [5.74, 6) is 4.74. The van der Waals surface area contributed by atoms with E-state index < -0.39 is 0 Å². The Labute approximate surface area is 89.3 Å². The van der Waals surface area contributed by atoms with Crippen LogP contribution in [0.15, 0.2) is 0 Å². The first-order valence-corrected chi connectivity index (χ1v) is 5.12. The largest absolute Gasteiger partial charge is 0.394 e. The third kappa shape index (κ3) is 3.75. The quantitative estimate of drug-likeness (QED) is 0.297. The lowest BCUT2D eigenvalue weighted by Gasteiger charge is -2.33. The fourth-order valence-electron chi connectivity index (χ4n) is 1.67. The number of carbonyl (C=O) groups excluding carboxylic acids is 1. The number of hydrazine groups is 1. The van der Waals surface area contributed by atoms with Crippen molar-refractivity contribution in [2.24, 2.45) is 11.8 Å². The van der Waals surface area contributed by atoms with E-state index in [2.05, 4.69) is 10.3 Å². The van der Waals surface area contributed by atoms with E-state index in [1.165, 1.54) is 0 Å². The number of ether oxygens (including phenoxy) is 1. The van der Waals surface area contributed by atoms with Crippen molar-refractivity contribution >= 4 is 5.91 Å². The zero-order valence-corrected chi connectivity index (χ0v) is 8.98. The van der Waals surface area contributed by atoms with Gasteiger partial charge in [0, 0.05) is 25.6 Å². The fraction of sp³-hybridized carbons (Fsp3) is 0.889. The second kappa shape index (κ2) is 6.02. The summed E-state index contributed by atoms with van der Waals surface area (Å²) in [6.45, 7) is 4.54. The van der Waals surface area contributed by atoms with Crippen LogP contribution in [0.5, 0.6) is 0 Å². The molecule has 0 aromatic carbocycles. The molecule has 1 aliphatic rings. The van der Waals surface area contributed by atoms with Crippen LogP contribution in [0.3, 0.4) is 0 Å². The number of nitrogens with two attached hydrogens (primary N) is 1. The van der Waals surface area contributed by atoms with Crippen molar-refractivity contribution in [3.8, 4) is 0 Å². The summed E-state index contributed by atoms with van der Waals surface area (Å²) in [6, 6.07) is 0. The van der Waals surface area contributed by atoms with E-state index in [0.29, 0.717) is 19.7 Å². The SMILES string of the molecule is CC(CN1CCOC(CO)C1)C(=O)NN. The third-order valence-corrected chi connectivity index (χ3v) is 2.55.